The first kappa shape index (κ1) is 12.8. The van der Waals surface area contributed by atoms with Crippen molar-refractivity contribution in [2.45, 2.75) is 26.3 Å². The second kappa shape index (κ2) is 6.38. The van der Waals surface area contributed by atoms with Crippen molar-refractivity contribution in [2.75, 3.05) is 20.8 Å². The van der Waals surface area contributed by atoms with Gasteiger partial charge in [0, 0.05) is 6.04 Å². The third-order valence-electron chi connectivity index (χ3n) is 2.58. The van der Waals surface area contributed by atoms with E-state index in [2.05, 4.69) is 25.2 Å². The predicted octanol–water partition coefficient (Wildman–Crippen LogP) is 2.76. The van der Waals surface area contributed by atoms with E-state index in [0.29, 0.717) is 6.04 Å². The molecular weight excluding hydrogens is 202 g/mol. The van der Waals surface area contributed by atoms with E-state index >= 15 is 0 Å². The van der Waals surface area contributed by atoms with Crippen LogP contribution in [0.3, 0.4) is 0 Å². The maximum absolute atomic E-state index is 5.60. The van der Waals surface area contributed by atoms with E-state index in [1.54, 1.807) is 7.11 Å². The molecule has 0 fully saturated rings. The second-order valence-corrected chi connectivity index (χ2v) is 3.77. The molecule has 1 aromatic rings. The number of methoxy groups -OCH3 is 1. The highest BCUT2D eigenvalue weighted by molar-refractivity contribution is 5.43. The van der Waals surface area contributed by atoms with Gasteiger partial charge in [0.1, 0.15) is 0 Å². The van der Waals surface area contributed by atoms with Crippen LogP contribution < -0.4 is 14.8 Å². The molecule has 0 aliphatic rings. The van der Waals surface area contributed by atoms with Crippen LogP contribution in [0.15, 0.2) is 18.2 Å². The molecule has 3 nitrogen and oxygen atoms in total. The van der Waals surface area contributed by atoms with Gasteiger partial charge < -0.3 is 14.8 Å². The highest BCUT2D eigenvalue weighted by atomic mass is 16.5. The lowest BCUT2D eigenvalue weighted by molar-refractivity contribution is 0.294. The zero-order valence-corrected chi connectivity index (χ0v) is 10.5. The van der Waals surface area contributed by atoms with Crippen molar-refractivity contribution in [3.63, 3.8) is 0 Å². The standard InChI is InChI=1S/C13H21NO2/c1-5-8-16-12-7-6-11(10(2)14-3)9-13(12)15-4/h6-7,9-10,14H,5,8H2,1-4H3. The third-order valence-corrected chi connectivity index (χ3v) is 2.58. The van der Waals surface area contributed by atoms with Crippen LogP contribution in [0.5, 0.6) is 11.5 Å². The molecule has 1 rings (SSSR count). The number of hydrogen-bond donors (Lipinski definition) is 1. The minimum absolute atomic E-state index is 0.314. The molecule has 0 bridgehead atoms. The van der Waals surface area contributed by atoms with Crippen molar-refractivity contribution >= 4 is 0 Å². The van der Waals surface area contributed by atoms with Gasteiger partial charge in [-0.15, -0.1) is 0 Å². The molecular formula is C13H21NO2. The zero-order valence-electron chi connectivity index (χ0n) is 10.5. The van der Waals surface area contributed by atoms with Crippen molar-refractivity contribution in [3.05, 3.63) is 23.8 Å². The van der Waals surface area contributed by atoms with Crippen LogP contribution in [0.25, 0.3) is 0 Å². The lowest BCUT2D eigenvalue weighted by atomic mass is 10.1. The molecule has 3 heteroatoms. The molecule has 1 unspecified atom stereocenters. The Morgan fingerprint density at radius 3 is 2.62 bits per heavy atom. The Balaban J connectivity index is 2.88. The number of ether oxygens (including phenoxy) is 2. The van der Waals surface area contributed by atoms with Crippen LogP contribution in [-0.4, -0.2) is 20.8 Å². The lowest BCUT2D eigenvalue weighted by Gasteiger charge is -2.15. The molecule has 0 radical (unpaired) electrons. The minimum atomic E-state index is 0.314. The van der Waals surface area contributed by atoms with Crippen LogP contribution in [-0.2, 0) is 0 Å². The highest BCUT2D eigenvalue weighted by Gasteiger charge is 2.08. The molecule has 1 N–H and O–H groups in total. The van der Waals surface area contributed by atoms with Crippen molar-refractivity contribution in [1.82, 2.24) is 5.32 Å². The van der Waals surface area contributed by atoms with Gasteiger partial charge in [0.25, 0.3) is 0 Å². The summed E-state index contributed by atoms with van der Waals surface area (Å²) >= 11 is 0. The largest absolute Gasteiger partial charge is 0.493 e. The summed E-state index contributed by atoms with van der Waals surface area (Å²) in [7, 11) is 3.61. The summed E-state index contributed by atoms with van der Waals surface area (Å²) < 4.78 is 10.9. The van der Waals surface area contributed by atoms with Gasteiger partial charge in [-0.1, -0.05) is 13.0 Å². The number of rotatable bonds is 6. The SMILES string of the molecule is CCCOc1ccc(C(C)NC)cc1OC. The predicted molar refractivity (Wildman–Crippen MR) is 66.3 cm³/mol. The smallest absolute Gasteiger partial charge is 0.161 e. The zero-order chi connectivity index (χ0) is 12.0. The van der Waals surface area contributed by atoms with E-state index in [-0.39, 0.29) is 0 Å². The van der Waals surface area contributed by atoms with Gasteiger partial charge in [0.2, 0.25) is 0 Å². The number of benzene rings is 1. The topological polar surface area (TPSA) is 30.5 Å². The molecule has 1 atom stereocenters. The Morgan fingerprint density at radius 2 is 2.06 bits per heavy atom. The lowest BCUT2D eigenvalue weighted by Crippen LogP contribution is -2.12. The van der Waals surface area contributed by atoms with E-state index in [4.69, 9.17) is 9.47 Å². The Bertz CT molecular complexity index is 326. The molecule has 16 heavy (non-hydrogen) atoms. The van der Waals surface area contributed by atoms with Gasteiger partial charge in [0.05, 0.1) is 13.7 Å². The first-order valence-electron chi connectivity index (χ1n) is 5.71. The Hall–Kier alpha value is -1.22. The van der Waals surface area contributed by atoms with E-state index in [0.717, 1.165) is 24.5 Å². The number of hydrogen-bond acceptors (Lipinski definition) is 3. The van der Waals surface area contributed by atoms with Crippen molar-refractivity contribution in [3.8, 4) is 11.5 Å². The van der Waals surface area contributed by atoms with Crippen LogP contribution in [0.1, 0.15) is 31.9 Å². The van der Waals surface area contributed by atoms with Crippen LogP contribution >= 0.6 is 0 Å². The minimum Gasteiger partial charge on any atom is -0.493 e. The van der Waals surface area contributed by atoms with Gasteiger partial charge in [-0.3, -0.25) is 0 Å². The average molecular weight is 223 g/mol. The summed E-state index contributed by atoms with van der Waals surface area (Å²) in [5, 5.41) is 3.20. The third kappa shape index (κ3) is 3.14. The fourth-order valence-corrected chi connectivity index (χ4v) is 1.45. The summed E-state index contributed by atoms with van der Waals surface area (Å²) in [5.74, 6) is 1.62. The van der Waals surface area contributed by atoms with E-state index < -0.39 is 0 Å². The Labute approximate surface area is 97.8 Å². The monoisotopic (exact) mass is 223 g/mol. The van der Waals surface area contributed by atoms with E-state index in [1.807, 2.05) is 19.2 Å². The average Bonchev–Trinajstić information content (AvgIpc) is 2.35. The van der Waals surface area contributed by atoms with Crippen LogP contribution in [0.2, 0.25) is 0 Å². The van der Waals surface area contributed by atoms with E-state index in [9.17, 15) is 0 Å². The molecule has 0 saturated carbocycles. The van der Waals surface area contributed by atoms with Crippen LogP contribution in [0, 0.1) is 0 Å². The molecule has 0 spiro atoms. The molecule has 90 valence electrons. The summed E-state index contributed by atoms with van der Waals surface area (Å²) in [6.07, 6.45) is 0.998. The van der Waals surface area contributed by atoms with E-state index in [1.165, 1.54) is 5.56 Å². The fourth-order valence-electron chi connectivity index (χ4n) is 1.45. The molecule has 0 aliphatic carbocycles. The van der Waals surface area contributed by atoms with Gasteiger partial charge in [-0.25, -0.2) is 0 Å². The maximum atomic E-state index is 5.60. The van der Waals surface area contributed by atoms with Crippen LogP contribution in [0.4, 0.5) is 0 Å². The van der Waals surface area contributed by atoms with Gasteiger partial charge in [-0.2, -0.15) is 0 Å². The molecule has 0 amide bonds. The summed E-state index contributed by atoms with van der Waals surface area (Å²) in [4.78, 5) is 0. The van der Waals surface area contributed by atoms with Crippen molar-refractivity contribution in [2.24, 2.45) is 0 Å². The fraction of sp³-hybridized carbons (Fsp3) is 0.538. The van der Waals surface area contributed by atoms with Gasteiger partial charge in [0.15, 0.2) is 11.5 Å². The first-order chi connectivity index (χ1) is 7.72. The van der Waals surface area contributed by atoms with Gasteiger partial charge >= 0.3 is 0 Å². The molecule has 0 saturated heterocycles. The quantitative estimate of drug-likeness (QED) is 0.804. The number of nitrogens with one attached hydrogen (secondary N) is 1. The molecule has 1 aromatic carbocycles. The highest BCUT2D eigenvalue weighted by Crippen LogP contribution is 2.30. The Kier molecular flexibility index (Phi) is 5.12. The normalized spacial score (nSPS) is 12.2. The summed E-state index contributed by atoms with van der Waals surface area (Å²) in [5.41, 5.74) is 1.20. The van der Waals surface area contributed by atoms with Crippen molar-refractivity contribution < 1.29 is 9.47 Å². The van der Waals surface area contributed by atoms with Gasteiger partial charge in [-0.05, 0) is 38.1 Å². The molecule has 0 heterocycles. The first-order valence-corrected chi connectivity index (χ1v) is 5.71. The maximum Gasteiger partial charge on any atom is 0.161 e. The Morgan fingerprint density at radius 1 is 1.31 bits per heavy atom. The van der Waals surface area contributed by atoms with Crippen molar-refractivity contribution in [1.29, 1.82) is 0 Å². The molecule has 0 aliphatic heterocycles. The molecule has 0 aromatic heterocycles. The summed E-state index contributed by atoms with van der Waals surface area (Å²) in [6.45, 7) is 4.92. The summed E-state index contributed by atoms with van der Waals surface area (Å²) in [6, 6.07) is 6.37. The second-order valence-electron chi connectivity index (χ2n) is 3.77.